The summed E-state index contributed by atoms with van der Waals surface area (Å²) in [5.41, 5.74) is 6.12. The van der Waals surface area contributed by atoms with Crippen molar-refractivity contribution >= 4 is 49.7 Å². The fourth-order valence-corrected chi connectivity index (χ4v) is 3.86. The first-order chi connectivity index (χ1) is 14.3. The maximum Gasteiger partial charge on any atom is 0.301 e. The highest BCUT2D eigenvalue weighted by atomic mass is 32.1. The van der Waals surface area contributed by atoms with Crippen molar-refractivity contribution in [1.82, 2.24) is 4.98 Å². The molecule has 0 radical (unpaired) electrons. The molecule has 1 aromatic heterocycles. The number of anilines is 2. The van der Waals surface area contributed by atoms with Crippen molar-refractivity contribution in [3.8, 4) is 0 Å². The van der Waals surface area contributed by atoms with E-state index < -0.39 is 0 Å². The van der Waals surface area contributed by atoms with Crippen LogP contribution in [-0.4, -0.2) is 22.3 Å². The number of amides is 1. The van der Waals surface area contributed by atoms with Crippen LogP contribution in [0.2, 0.25) is 0 Å². The van der Waals surface area contributed by atoms with Crippen LogP contribution in [0.15, 0.2) is 95.1 Å². The Kier molecular flexibility index (Phi) is 4.34. The molecular formula is C22H15N5OS. The quantitative estimate of drug-likeness (QED) is 0.515. The van der Waals surface area contributed by atoms with Crippen LogP contribution >= 0.6 is 11.3 Å². The summed E-state index contributed by atoms with van der Waals surface area (Å²) in [6, 6.07) is 26.7. The predicted molar refractivity (Wildman–Crippen MR) is 118 cm³/mol. The van der Waals surface area contributed by atoms with E-state index in [9.17, 15) is 4.79 Å². The van der Waals surface area contributed by atoms with Gasteiger partial charge in [0.2, 0.25) is 5.13 Å². The summed E-state index contributed by atoms with van der Waals surface area (Å²) in [6.45, 7) is 0. The average Bonchev–Trinajstić information content (AvgIpc) is 3.34. The molecule has 6 nitrogen and oxygen atoms in total. The van der Waals surface area contributed by atoms with Gasteiger partial charge in [0.25, 0.3) is 0 Å². The molecule has 3 aromatic carbocycles. The molecule has 140 valence electrons. The Hall–Kier alpha value is -3.84. The standard InChI is InChI=1S/C22H15N5OS/c28-21-20(24-25-22-23-17-13-7-8-14-18(17)29-22)19(15-9-3-1-4-10-15)26-27(21)16-11-5-2-6-12-16/h1-14H,(H,23,25)/b24-20+. The lowest BCUT2D eigenvalue weighted by Crippen LogP contribution is -2.28. The van der Waals surface area contributed by atoms with Gasteiger partial charge in [-0.2, -0.15) is 15.2 Å². The van der Waals surface area contributed by atoms with Crippen LogP contribution < -0.4 is 10.4 Å². The fourth-order valence-electron chi connectivity index (χ4n) is 3.05. The minimum absolute atomic E-state index is 0.249. The highest BCUT2D eigenvalue weighted by molar-refractivity contribution is 7.22. The molecule has 0 unspecified atom stereocenters. The molecule has 0 spiro atoms. The van der Waals surface area contributed by atoms with Gasteiger partial charge in [-0.15, -0.1) is 0 Å². The second-order valence-electron chi connectivity index (χ2n) is 6.33. The van der Waals surface area contributed by atoms with Crippen molar-refractivity contribution in [2.45, 2.75) is 0 Å². The smallest absolute Gasteiger partial charge is 0.265 e. The number of hydrogen-bond donors (Lipinski definition) is 1. The van der Waals surface area contributed by atoms with Gasteiger partial charge in [0.1, 0.15) is 5.71 Å². The molecule has 0 saturated carbocycles. The van der Waals surface area contributed by atoms with E-state index in [-0.39, 0.29) is 11.6 Å². The first kappa shape index (κ1) is 17.3. The summed E-state index contributed by atoms with van der Waals surface area (Å²) < 4.78 is 1.05. The van der Waals surface area contributed by atoms with E-state index in [1.54, 1.807) is 0 Å². The van der Waals surface area contributed by atoms with Gasteiger partial charge in [0, 0.05) is 5.56 Å². The van der Waals surface area contributed by atoms with Gasteiger partial charge < -0.3 is 0 Å². The molecule has 7 heteroatoms. The largest absolute Gasteiger partial charge is 0.301 e. The summed E-state index contributed by atoms with van der Waals surface area (Å²) >= 11 is 1.48. The molecule has 4 aromatic rings. The third-order valence-corrected chi connectivity index (χ3v) is 5.37. The Bertz CT molecular complexity index is 1210. The lowest BCUT2D eigenvalue weighted by Gasteiger charge is -2.10. The normalized spacial score (nSPS) is 15.2. The Labute approximate surface area is 170 Å². The van der Waals surface area contributed by atoms with E-state index in [0.29, 0.717) is 16.5 Å². The van der Waals surface area contributed by atoms with E-state index in [1.807, 2.05) is 84.9 Å². The third kappa shape index (κ3) is 3.28. The topological polar surface area (TPSA) is 70.0 Å². The number of thiazole rings is 1. The van der Waals surface area contributed by atoms with Crippen molar-refractivity contribution in [3.63, 3.8) is 0 Å². The molecule has 0 atom stereocenters. The van der Waals surface area contributed by atoms with Crippen molar-refractivity contribution in [2.24, 2.45) is 10.2 Å². The molecule has 1 N–H and O–H groups in total. The van der Waals surface area contributed by atoms with Gasteiger partial charge in [-0.25, -0.2) is 4.98 Å². The minimum atomic E-state index is -0.288. The Morgan fingerprint density at radius 3 is 2.31 bits per heavy atom. The van der Waals surface area contributed by atoms with Crippen molar-refractivity contribution in [1.29, 1.82) is 0 Å². The molecular weight excluding hydrogens is 382 g/mol. The second kappa shape index (κ2) is 7.29. The monoisotopic (exact) mass is 397 g/mol. The van der Waals surface area contributed by atoms with Crippen LogP contribution in [-0.2, 0) is 4.79 Å². The molecule has 0 bridgehead atoms. The number of hydrazone groups is 2. The average molecular weight is 397 g/mol. The number of nitrogens with one attached hydrogen (secondary N) is 1. The number of fused-ring (bicyclic) bond motifs is 1. The zero-order chi connectivity index (χ0) is 19.6. The van der Waals surface area contributed by atoms with Crippen LogP contribution in [0, 0.1) is 0 Å². The number of para-hydroxylation sites is 2. The van der Waals surface area contributed by atoms with E-state index in [4.69, 9.17) is 0 Å². The lowest BCUT2D eigenvalue weighted by molar-refractivity contribution is -0.112. The van der Waals surface area contributed by atoms with Crippen LogP contribution in [0.3, 0.4) is 0 Å². The number of carbonyl (C=O) groups is 1. The minimum Gasteiger partial charge on any atom is -0.265 e. The highest BCUT2D eigenvalue weighted by Gasteiger charge is 2.34. The van der Waals surface area contributed by atoms with Gasteiger partial charge in [-0.3, -0.25) is 10.2 Å². The third-order valence-electron chi connectivity index (χ3n) is 4.42. The summed E-state index contributed by atoms with van der Waals surface area (Å²) in [6.07, 6.45) is 0. The van der Waals surface area contributed by atoms with E-state index in [2.05, 4.69) is 20.6 Å². The molecule has 1 aliphatic heterocycles. The lowest BCUT2D eigenvalue weighted by atomic mass is 10.1. The number of benzene rings is 3. The van der Waals surface area contributed by atoms with Crippen LogP contribution in [0.25, 0.3) is 10.2 Å². The van der Waals surface area contributed by atoms with E-state index in [1.165, 1.54) is 16.3 Å². The second-order valence-corrected chi connectivity index (χ2v) is 7.36. The maximum atomic E-state index is 13.1. The summed E-state index contributed by atoms with van der Waals surface area (Å²) in [5, 5.41) is 11.0. The number of rotatable bonds is 4. The van der Waals surface area contributed by atoms with Gasteiger partial charge in [0.05, 0.1) is 15.9 Å². The van der Waals surface area contributed by atoms with Crippen molar-refractivity contribution in [3.05, 3.63) is 90.5 Å². The summed E-state index contributed by atoms with van der Waals surface area (Å²) in [5.74, 6) is -0.288. The number of nitrogens with zero attached hydrogens (tertiary/aromatic N) is 4. The Balaban J connectivity index is 1.53. The van der Waals surface area contributed by atoms with Gasteiger partial charge in [0.15, 0.2) is 5.71 Å². The van der Waals surface area contributed by atoms with Crippen LogP contribution in [0.5, 0.6) is 0 Å². The number of hydrogen-bond acceptors (Lipinski definition) is 6. The number of carbonyl (C=O) groups excluding carboxylic acids is 1. The molecule has 0 fully saturated rings. The summed E-state index contributed by atoms with van der Waals surface area (Å²) in [7, 11) is 0. The molecule has 0 saturated heterocycles. The zero-order valence-corrected chi connectivity index (χ0v) is 16.0. The van der Waals surface area contributed by atoms with E-state index >= 15 is 0 Å². The van der Waals surface area contributed by atoms with Gasteiger partial charge in [-0.1, -0.05) is 72.0 Å². The molecule has 2 heterocycles. The van der Waals surface area contributed by atoms with Gasteiger partial charge in [-0.05, 0) is 24.3 Å². The van der Waals surface area contributed by atoms with Crippen molar-refractivity contribution < 1.29 is 4.79 Å². The highest BCUT2D eigenvalue weighted by Crippen LogP contribution is 2.26. The molecule has 1 aliphatic rings. The molecule has 0 aliphatic carbocycles. The molecule has 29 heavy (non-hydrogen) atoms. The predicted octanol–water partition coefficient (Wildman–Crippen LogP) is 4.52. The SMILES string of the molecule is O=C1/C(=N/Nc2nc3ccccc3s2)C(c2ccccc2)=NN1c1ccccc1. The first-order valence-corrected chi connectivity index (χ1v) is 9.84. The molecule has 5 rings (SSSR count). The summed E-state index contributed by atoms with van der Waals surface area (Å²) in [4.78, 5) is 17.6. The Morgan fingerprint density at radius 1 is 0.862 bits per heavy atom. The zero-order valence-electron chi connectivity index (χ0n) is 15.2. The van der Waals surface area contributed by atoms with E-state index in [0.717, 1.165) is 15.8 Å². The first-order valence-electron chi connectivity index (χ1n) is 9.03. The Morgan fingerprint density at radius 2 is 1.55 bits per heavy atom. The van der Waals surface area contributed by atoms with Gasteiger partial charge >= 0.3 is 5.91 Å². The molecule has 1 amide bonds. The van der Waals surface area contributed by atoms with Crippen LogP contribution in [0.1, 0.15) is 5.56 Å². The number of aromatic nitrogens is 1. The van der Waals surface area contributed by atoms with Crippen LogP contribution in [0.4, 0.5) is 10.8 Å². The van der Waals surface area contributed by atoms with Crippen molar-refractivity contribution in [2.75, 3.05) is 10.4 Å². The fraction of sp³-hybridized carbons (Fsp3) is 0. The maximum absolute atomic E-state index is 13.1.